The Morgan fingerprint density at radius 2 is 1.76 bits per heavy atom. The zero-order valence-electron chi connectivity index (χ0n) is 39.6. The number of amides is 1. The van der Waals surface area contributed by atoms with Gasteiger partial charge in [0.1, 0.15) is 24.0 Å². The predicted octanol–water partition coefficient (Wildman–Crippen LogP) is 8.20. The second-order valence-corrected chi connectivity index (χ2v) is 22.5. The monoisotopic (exact) mass is 972 g/mol. The topological polar surface area (TPSA) is 194 Å². The lowest BCUT2D eigenvalue weighted by Crippen LogP contribution is -2.55. The third-order valence-electron chi connectivity index (χ3n) is 16.5. The second-order valence-electron chi connectivity index (χ2n) is 20.8. The molecule has 17 nitrogen and oxygen atoms in total. The fraction of sp³-hybridized carbons (Fsp3) is 0.500. The molecule has 6 aliphatic heterocycles. The minimum absolute atomic E-state index is 0.0320. The first-order valence-corrected chi connectivity index (χ1v) is 26.5. The summed E-state index contributed by atoms with van der Waals surface area (Å²) in [6.45, 7) is 9.41. The molecule has 0 unspecified atom stereocenters. The number of nitro groups is 1. The Morgan fingerprint density at radius 1 is 0.943 bits per heavy atom. The van der Waals surface area contributed by atoms with Gasteiger partial charge in [0.15, 0.2) is 11.4 Å². The maximum Gasteiger partial charge on any atom is 0.297 e. The number of hydrogen-bond acceptors (Lipinski definition) is 14. The molecular weight excluding hydrogens is 913 g/mol. The van der Waals surface area contributed by atoms with Gasteiger partial charge in [0.2, 0.25) is 5.88 Å². The fourth-order valence-electron chi connectivity index (χ4n) is 12.7. The van der Waals surface area contributed by atoms with Crippen LogP contribution in [0.15, 0.2) is 77.8 Å². The number of aromatic nitrogens is 2. The van der Waals surface area contributed by atoms with Crippen LogP contribution in [0.25, 0.3) is 11.0 Å². The van der Waals surface area contributed by atoms with Gasteiger partial charge >= 0.3 is 0 Å². The van der Waals surface area contributed by atoms with Crippen LogP contribution in [0.4, 0.5) is 28.4 Å². The minimum Gasteiger partial charge on any atom is -0.489 e. The van der Waals surface area contributed by atoms with Crippen molar-refractivity contribution in [2.45, 2.75) is 106 Å². The summed E-state index contributed by atoms with van der Waals surface area (Å²) in [5, 5.41) is 16.6. The number of carbonyl (C=O) groups is 1. The van der Waals surface area contributed by atoms with E-state index in [-0.39, 0.29) is 47.0 Å². The van der Waals surface area contributed by atoms with Crippen LogP contribution in [0.2, 0.25) is 0 Å². The maximum atomic E-state index is 14.7. The summed E-state index contributed by atoms with van der Waals surface area (Å²) in [7, 11) is -4.68. The lowest BCUT2D eigenvalue weighted by atomic mass is 9.59. The van der Waals surface area contributed by atoms with Crippen LogP contribution in [-0.4, -0.2) is 111 Å². The average Bonchev–Trinajstić information content (AvgIpc) is 4.16. The van der Waals surface area contributed by atoms with E-state index in [4.69, 9.17) is 23.9 Å². The molecule has 0 bridgehead atoms. The van der Waals surface area contributed by atoms with Gasteiger partial charge in [0, 0.05) is 67.8 Å². The van der Waals surface area contributed by atoms with E-state index in [0.29, 0.717) is 67.3 Å². The maximum absolute atomic E-state index is 14.7. The number of nitrogens with one attached hydrogen (secondary N) is 3. The number of pyridine rings is 1. The van der Waals surface area contributed by atoms with Gasteiger partial charge in [-0.15, -0.1) is 0 Å². The molecule has 3 aromatic carbocycles. The molecule has 18 heteroatoms. The smallest absolute Gasteiger partial charge is 0.297 e. The molecule has 368 valence electrons. The highest BCUT2D eigenvalue weighted by Gasteiger charge is 2.50. The number of aromatic amines is 1. The second kappa shape index (κ2) is 17.7. The van der Waals surface area contributed by atoms with Gasteiger partial charge in [-0.25, -0.2) is 13.1 Å². The molecule has 0 radical (unpaired) electrons. The van der Waals surface area contributed by atoms with E-state index in [1.807, 2.05) is 29.2 Å². The van der Waals surface area contributed by atoms with E-state index < -0.39 is 37.5 Å². The van der Waals surface area contributed by atoms with Crippen molar-refractivity contribution in [3.05, 3.63) is 99.7 Å². The summed E-state index contributed by atoms with van der Waals surface area (Å²) in [4.78, 5) is 41.3. The molecule has 4 saturated heterocycles. The van der Waals surface area contributed by atoms with E-state index >= 15 is 0 Å². The SMILES string of the molecule is CC(C)c1ccccc1[C@@H]1CCCN1C1CC2(CCN(c3ccc(C(=O)NS(=O)(=O)c4cc5c(c([N+](=O)[O-])c4)N[C@@H](C4CCOCC4)CO5)c(N4c5cc6cc[nH]c6nc5O[C@@H]5COC[C@@H]54)c3)CC2)C1. The molecule has 8 heterocycles. The Bertz CT molecular complexity index is 2960. The number of sulfonamides is 1. The summed E-state index contributed by atoms with van der Waals surface area (Å²) < 4.78 is 54.9. The Balaban J connectivity index is 0.831. The van der Waals surface area contributed by atoms with E-state index in [2.05, 4.69) is 62.9 Å². The number of piperidine rings is 1. The van der Waals surface area contributed by atoms with Crippen molar-refractivity contribution in [1.82, 2.24) is 19.6 Å². The molecule has 12 rings (SSSR count). The first-order valence-electron chi connectivity index (χ1n) is 25.0. The zero-order valence-corrected chi connectivity index (χ0v) is 40.4. The van der Waals surface area contributed by atoms with Crippen LogP contribution in [0.5, 0.6) is 11.6 Å². The zero-order chi connectivity index (χ0) is 47.9. The summed E-state index contributed by atoms with van der Waals surface area (Å²) in [5.41, 5.74) is 5.66. The van der Waals surface area contributed by atoms with Gasteiger partial charge in [-0.05, 0) is 117 Å². The molecule has 5 aromatic rings. The largest absolute Gasteiger partial charge is 0.489 e. The van der Waals surface area contributed by atoms with Gasteiger partial charge in [-0.3, -0.25) is 19.8 Å². The van der Waals surface area contributed by atoms with Gasteiger partial charge in [-0.1, -0.05) is 38.1 Å². The van der Waals surface area contributed by atoms with E-state index in [1.165, 1.54) is 42.9 Å². The molecule has 5 fully saturated rings. The molecule has 4 atom stereocenters. The van der Waals surface area contributed by atoms with Crippen molar-refractivity contribution in [3.63, 3.8) is 0 Å². The summed E-state index contributed by atoms with van der Waals surface area (Å²) in [6.07, 6.45) is 9.87. The number of fused-ring (bicyclic) bond motifs is 4. The third-order valence-corrected chi connectivity index (χ3v) is 17.8. The number of rotatable bonds is 10. The predicted molar refractivity (Wildman–Crippen MR) is 264 cm³/mol. The van der Waals surface area contributed by atoms with E-state index in [9.17, 15) is 23.3 Å². The van der Waals surface area contributed by atoms with E-state index in [0.717, 1.165) is 62.5 Å². The lowest BCUT2D eigenvalue weighted by molar-refractivity contribution is -0.384. The van der Waals surface area contributed by atoms with Crippen LogP contribution < -0.4 is 29.3 Å². The molecule has 2 aromatic heterocycles. The van der Waals surface area contributed by atoms with Crippen molar-refractivity contribution in [3.8, 4) is 11.6 Å². The molecule has 1 spiro atoms. The quantitative estimate of drug-likeness (QED) is 0.0896. The average molecular weight is 973 g/mol. The van der Waals surface area contributed by atoms with Gasteiger partial charge < -0.3 is 39.0 Å². The molecule has 1 saturated carbocycles. The highest BCUT2D eigenvalue weighted by atomic mass is 32.2. The summed E-state index contributed by atoms with van der Waals surface area (Å²) >= 11 is 0. The van der Waals surface area contributed by atoms with Crippen molar-refractivity contribution >= 4 is 55.4 Å². The fourth-order valence-corrected chi connectivity index (χ4v) is 13.7. The van der Waals surface area contributed by atoms with E-state index in [1.54, 1.807) is 12.3 Å². The number of anilines is 4. The third kappa shape index (κ3) is 8.00. The van der Waals surface area contributed by atoms with Crippen LogP contribution in [0, 0.1) is 21.4 Å². The van der Waals surface area contributed by atoms with Crippen LogP contribution in [-0.2, 0) is 19.5 Å². The minimum atomic E-state index is -4.68. The molecular formula is C52H60N8O9S. The molecule has 70 heavy (non-hydrogen) atoms. The highest BCUT2D eigenvalue weighted by Crippen LogP contribution is 2.55. The molecule has 1 amide bonds. The normalized spacial score (nSPS) is 24.6. The number of nitrogens with zero attached hydrogens (tertiary/aromatic N) is 5. The number of hydrogen-bond donors (Lipinski definition) is 3. The number of likely N-dealkylation sites (tertiary alicyclic amines) is 1. The van der Waals surface area contributed by atoms with Crippen molar-refractivity contribution < 1.29 is 37.1 Å². The highest BCUT2D eigenvalue weighted by molar-refractivity contribution is 7.90. The van der Waals surface area contributed by atoms with Crippen molar-refractivity contribution in [2.75, 3.05) is 67.8 Å². The Morgan fingerprint density at radius 3 is 2.56 bits per heavy atom. The standard InChI is InChI=1S/C52H60N8O9S/c1-31(2)37-6-3-4-7-38(37)41-8-5-17-58(41)35-26-52(27-35)14-18-57(19-15-52)34-9-10-39(42(23-34)59-44-22-33-11-16-53-49(33)55-51(44)69-47-30-67-29-45(47)59)50(61)56-70(64,65)36-24-43(60(62)63)48-46(25-36)68-28-40(54-48)32-12-20-66-21-13-32/h3-4,6-7,9-11,16,22-25,31-32,35,40-41,45,47,54H,5,8,12-15,17-21,26-30H2,1-2H3,(H,53,55)(H,56,61)/t40-,41+,45+,47-/m1/s1. The lowest BCUT2D eigenvalue weighted by Gasteiger charge is -2.56. The molecule has 7 aliphatic rings. The number of carbonyl (C=O) groups excluding carboxylic acids is 1. The number of ether oxygens (including phenoxy) is 4. The van der Waals surface area contributed by atoms with Crippen molar-refractivity contribution in [1.29, 1.82) is 0 Å². The first kappa shape index (κ1) is 45.2. The van der Waals surface area contributed by atoms with Gasteiger partial charge in [-0.2, -0.15) is 4.98 Å². The summed E-state index contributed by atoms with van der Waals surface area (Å²) in [6, 6.07) is 21.2. The number of H-pyrrole nitrogens is 1. The molecule has 3 N–H and O–H groups in total. The van der Waals surface area contributed by atoms with Crippen LogP contribution >= 0.6 is 0 Å². The van der Waals surface area contributed by atoms with Crippen molar-refractivity contribution in [2.24, 2.45) is 11.3 Å². The van der Waals surface area contributed by atoms with Crippen LogP contribution in [0.3, 0.4) is 0 Å². The molecule has 1 aliphatic carbocycles. The Hall–Kier alpha value is -5.95. The number of benzene rings is 3. The number of nitro benzene ring substituents is 1. The first-order chi connectivity index (χ1) is 33.9. The Labute approximate surface area is 407 Å². The Kier molecular flexibility index (Phi) is 11.4. The van der Waals surface area contributed by atoms with Gasteiger partial charge in [0.25, 0.3) is 21.6 Å². The summed E-state index contributed by atoms with van der Waals surface area (Å²) in [5.74, 6) is 0.167. The van der Waals surface area contributed by atoms with Gasteiger partial charge in [0.05, 0.1) is 46.4 Å². The van der Waals surface area contributed by atoms with Crippen LogP contribution in [0.1, 0.15) is 98.7 Å².